The predicted molar refractivity (Wildman–Crippen MR) is 119 cm³/mol. The average Bonchev–Trinajstić information content (AvgIpc) is 2.49. The molecule has 144 valence electrons. The highest BCUT2D eigenvalue weighted by atomic mass is 28.4. The lowest BCUT2D eigenvalue weighted by Gasteiger charge is -2.31. The smallest absolute Gasteiger partial charge is 0.221 e. The Kier molecular flexibility index (Phi) is 7.63. The van der Waals surface area contributed by atoms with Crippen LogP contribution in [0.5, 0.6) is 0 Å². The van der Waals surface area contributed by atoms with Crippen LogP contribution in [0, 0.1) is 0 Å². The van der Waals surface area contributed by atoms with Gasteiger partial charge in [-0.2, -0.15) is 0 Å². The van der Waals surface area contributed by atoms with Crippen LogP contribution >= 0.6 is 0 Å². The van der Waals surface area contributed by atoms with Gasteiger partial charge in [0.05, 0.1) is 0 Å². The van der Waals surface area contributed by atoms with Crippen molar-refractivity contribution in [3.63, 3.8) is 0 Å². The maximum absolute atomic E-state index is 11.8. The number of benzene rings is 1. The molecular formula is C19H34O3Si4. The second-order valence-electron chi connectivity index (χ2n) is 9.85. The van der Waals surface area contributed by atoms with Crippen molar-refractivity contribution in [3.8, 4) is 0 Å². The molecule has 0 bridgehead atoms. The highest BCUT2D eigenvalue weighted by molar-refractivity contribution is 6.89. The number of hydrogen-bond donors (Lipinski definition) is 0. The highest BCUT2D eigenvalue weighted by Gasteiger charge is 2.33. The minimum absolute atomic E-state index is 0.141. The first-order chi connectivity index (χ1) is 11.6. The lowest BCUT2D eigenvalue weighted by atomic mass is 10.2. The summed E-state index contributed by atoms with van der Waals surface area (Å²) in [7, 11) is -3.28. The van der Waals surface area contributed by atoms with E-state index in [9.17, 15) is 4.79 Å². The summed E-state index contributed by atoms with van der Waals surface area (Å²) in [5.41, 5.74) is 0.765. The average molecular weight is 423 g/mol. The Labute approximate surface area is 167 Å². The summed E-state index contributed by atoms with van der Waals surface area (Å²) in [6, 6.07) is 6.30. The molecule has 1 rings (SSSR count). The summed E-state index contributed by atoms with van der Waals surface area (Å²) in [5.74, 6) is 0. The zero-order valence-electron chi connectivity index (χ0n) is 18.0. The molecule has 0 heterocycles. The Bertz CT molecular complexity index is 629. The van der Waals surface area contributed by atoms with Gasteiger partial charge in [0.2, 0.25) is 36.2 Å². The molecular weight excluding hydrogens is 389 g/mol. The van der Waals surface area contributed by atoms with Crippen molar-refractivity contribution in [2.45, 2.75) is 77.8 Å². The summed E-state index contributed by atoms with van der Waals surface area (Å²) < 4.78 is 12.7. The molecule has 0 aliphatic heterocycles. The van der Waals surface area contributed by atoms with Crippen molar-refractivity contribution in [2.75, 3.05) is 0 Å². The first-order valence-electron chi connectivity index (χ1n) is 9.08. The van der Waals surface area contributed by atoms with Gasteiger partial charge in [-0.05, 0) is 46.6 Å². The predicted octanol–water partition coefficient (Wildman–Crippen LogP) is 4.03. The van der Waals surface area contributed by atoms with E-state index in [-0.39, 0.29) is 10.1 Å². The van der Waals surface area contributed by atoms with Crippen LogP contribution in [0.3, 0.4) is 0 Å². The molecule has 0 atom stereocenters. The van der Waals surface area contributed by atoms with Crippen LogP contribution in [-0.4, -0.2) is 42.4 Å². The quantitative estimate of drug-likeness (QED) is 0.491. The van der Waals surface area contributed by atoms with Gasteiger partial charge in [0.15, 0.2) is 0 Å². The van der Waals surface area contributed by atoms with E-state index in [1.54, 1.807) is 0 Å². The van der Waals surface area contributed by atoms with E-state index in [0.717, 1.165) is 17.0 Å². The topological polar surface area (TPSA) is 35.5 Å². The van der Waals surface area contributed by atoms with Crippen LogP contribution in [0.2, 0.25) is 36.3 Å². The van der Waals surface area contributed by atoms with Gasteiger partial charge in [-0.3, -0.25) is 4.79 Å². The number of rotatable bonds is 7. The minimum atomic E-state index is -2.13. The molecule has 0 saturated carbocycles. The monoisotopic (exact) mass is 422 g/mol. The summed E-state index contributed by atoms with van der Waals surface area (Å²) >= 11 is 0. The van der Waals surface area contributed by atoms with Gasteiger partial charge in [-0.15, -0.1) is 0 Å². The SMILES string of the molecule is CC(C)(C)[Si]O[Si](C)(C)c1ccc([Si](C)(C)O[Si]C(C)(C)C)c(C=O)c1. The third-order valence-electron chi connectivity index (χ3n) is 3.75. The number of hydrogen-bond acceptors (Lipinski definition) is 3. The van der Waals surface area contributed by atoms with Gasteiger partial charge in [0.25, 0.3) is 0 Å². The van der Waals surface area contributed by atoms with Crippen molar-refractivity contribution in [1.82, 2.24) is 0 Å². The van der Waals surface area contributed by atoms with Crippen LogP contribution < -0.4 is 10.4 Å². The molecule has 0 aromatic heterocycles. The normalized spacial score (nSPS) is 13.8. The van der Waals surface area contributed by atoms with Gasteiger partial charge in [-0.25, -0.2) is 0 Å². The first kappa shape index (κ1) is 23.7. The Hall–Kier alpha value is -0.322. The van der Waals surface area contributed by atoms with Crippen LogP contribution in [0.4, 0.5) is 0 Å². The molecule has 4 radical (unpaired) electrons. The Morgan fingerprint density at radius 1 is 0.846 bits per heavy atom. The van der Waals surface area contributed by atoms with E-state index in [0.29, 0.717) is 19.5 Å². The number of carbonyl (C=O) groups excluding carboxylic acids is 1. The van der Waals surface area contributed by atoms with Gasteiger partial charge in [0.1, 0.15) is 6.29 Å². The second-order valence-corrected chi connectivity index (χ2v) is 22.0. The lowest BCUT2D eigenvalue weighted by molar-refractivity contribution is 0.112. The third-order valence-corrected chi connectivity index (χ3v) is 13.3. The molecule has 0 saturated heterocycles. The fourth-order valence-electron chi connectivity index (χ4n) is 2.26. The zero-order valence-corrected chi connectivity index (χ0v) is 22.0. The summed E-state index contributed by atoms with van der Waals surface area (Å²) in [6.45, 7) is 21.9. The molecule has 0 fully saturated rings. The van der Waals surface area contributed by atoms with Gasteiger partial charge < -0.3 is 8.23 Å². The van der Waals surface area contributed by atoms with Crippen LogP contribution in [0.15, 0.2) is 18.2 Å². The van der Waals surface area contributed by atoms with E-state index >= 15 is 0 Å². The summed E-state index contributed by atoms with van der Waals surface area (Å²) in [5, 5.41) is 2.55. The Morgan fingerprint density at radius 3 is 1.73 bits per heavy atom. The molecule has 0 N–H and O–H groups in total. The van der Waals surface area contributed by atoms with Crippen molar-refractivity contribution in [2.24, 2.45) is 0 Å². The highest BCUT2D eigenvalue weighted by Crippen LogP contribution is 2.23. The van der Waals surface area contributed by atoms with Gasteiger partial charge >= 0.3 is 0 Å². The minimum Gasteiger partial charge on any atom is -0.452 e. The van der Waals surface area contributed by atoms with E-state index in [1.165, 1.54) is 5.19 Å². The first-order valence-corrected chi connectivity index (χ1v) is 16.7. The molecule has 0 aliphatic carbocycles. The molecule has 1 aromatic rings. The maximum Gasteiger partial charge on any atom is 0.221 e. The van der Waals surface area contributed by atoms with Crippen LogP contribution in [0.25, 0.3) is 0 Å². The molecule has 0 aliphatic rings. The molecule has 0 unspecified atom stereocenters. The lowest BCUT2D eigenvalue weighted by Crippen LogP contribution is -2.51. The van der Waals surface area contributed by atoms with Crippen LogP contribution in [0.1, 0.15) is 51.9 Å². The van der Waals surface area contributed by atoms with Gasteiger partial charge in [0, 0.05) is 5.56 Å². The Morgan fingerprint density at radius 2 is 1.31 bits per heavy atom. The standard InChI is InChI=1S/C19H34O3Si4/c1-18(2,3)23-21-25(7,8)16-11-12-17(15(13-16)14-20)26(9,10)22-24-19(4,5)6/h11-14H,1-10H3. The fourth-order valence-corrected chi connectivity index (χ4v) is 9.96. The van der Waals surface area contributed by atoms with E-state index in [4.69, 9.17) is 8.23 Å². The van der Waals surface area contributed by atoms with Crippen molar-refractivity contribution >= 4 is 52.8 Å². The summed E-state index contributed by atoms with van der Waals surface area (Å²) in [4.78, 5) is 11.8. The molecule has 0 amide bonds. The van der Waals surface area contributed by atoms with Crippen molar-refractivity contribution in [1.29, 1.82) is 0 Å². The molecule has 0 spiro atoms. The molecule has 7 heteroatoms. The molecule has 26 heavy (non-hydrogen) atoms. The number of aldehydes is 1. The van der Waals surface area contributed by atoms with Crippen molar-refractivity contribution in [3.05, 3.63) is 23.8 Å². The maximum atomic E-state index is 11.8. The summed E-state index contributed by atoms with van der Waals surface area (Å²) in [6.07, 6.45) is 0.980. The number of carbonyl (C=O) groups is 1. The van der Waals surface area contributed by atoms with Crippen LogP contribution in [-0.2, 0) is 8.23 Å². The van der Waals surface area contributed by atoms with Gasteiger partial charge in [-0.1, -0.05) is 59.7 Å². The van der Waals surface area contributed by atoms with E-state index in [2.05, 4.69) is 79.9 Å². The van der Waals surface area contributed by atoms with E-state index < -0.39 is 16.6 Å². The van der Waals surface area contributed by atoms with Crippen molar-refractivity contribution < 1.29 is 13.0 Å². The van der Waals surface area contributed by atoms with E-state index in [1.807, 2.05) is 6.07 Å². The Balaban J connectivity index is 3.12. The second kappa shape index (κ2) is 8.36. The fraction of sp³-hybridized carbons (Fsp3) is 0.632. The zero-order chi connectivity index (χ0) is 20.4. The molecule has 1 aromatic carbocycles. The third kappa shape index (κ3) is 7.36. The molecule has 3 nitrogen and oxygen atoms in total. The largest absolute Gasteiger partial charge is 0.452 e.